The average molecular weight is 304 g/mol. The highest BCUT2D eigenvalue weighted by Crippen LogP contribution is 2.24. The molecular weight excluding hydrogens is 285 g/mol. The fraction of sp³-hybridized carbons (Fsp3) is 0.500. The van der Waals surface area contributed by atoms with Gasteiger partial charge in [0.05, 0.1) is 12.7 Å². The highest BCUT2D eigenvalue weighted by molar-refractivity contribution is 6.31. The number of hydrogen-bond donors (Lipinski definition) is 1. The first kappa shape index (κ1) is 16.1. The summed E-state index contributed by atoms with van der Waals surface area (Å²) in [6.45, 7) is 3.99. The van der Waals surface area contributed by atoms with Crippen LogP contribution < -0.4 is 10.1 Å². The number of benzene rings is 1. The Morgan fingerprint density at radius 3 is 2.68 bits per heavy atom. The van der Waals surface area contributed by atoms with E-state index in [1.165, 1.54) is 7.11 Å². The Kier molecular flexibility index (Phi) is 5.95. The molecule has 1 aromatic rings. The van der Waals surface area contributed by atoms with Crippen LogP contribution in [0.1, 0.15) is 37.0 Å². The molecule has 5 heteroatoms. The summed E-state index contributed by atoms with van der Waals surface area (Å²) in [7, 11) is 1.53. The molecule has 0 saturated carbocycles. The third-order valence-corrected chi connectivity index (χ3v) is 3.67. The van der Waals surface area contributed by atoms with Crippen molar-refractivity contribution in [2.24, 2.45) is 0 Å². The van der Waals surface area contributed by atoms with Crippen LogP contribution in [0, 0.1) is 0 Å². The topological polar surface area (TPSA) is 38.3 Å². The van der Waals surface area contributed by atoms with Gasteiger partial charge >= 0.3 is 0 Å². The second-order valence-corrected chi connectivity index (χ2v) is 5.47. The summed E-state index contributed by atoms with van der Waals surface area (Å²) >= 11 is 11.7. The van der Waals surface area contributed by atoms with Crippen LogP contribution in [-0.2, 0) is 0 Å². The van der Waals surface area contributed by atoms with Gasteiger partial charge in [0.2, 0.25) is 0 Å². The number of halogens is 2. The van der Waals surface area contributed by atoms with Crippen molar-refractivity contribution in [2.75, 3.05) is 13.0 Å². The number of amides is 1. The molecule has 0 heterocycles. The van der Waals surface area contributed by atoms with Crippen molar-refractivity contribution in [3.63, 3.8) is 0 Å². The molecule has 0 aliphatic heterocycles. The lowest BCUT2D eigenvalue weighted by molar-refractivity contribution is 0.0898. The van der Waals surface area contributed by atoms with Crippen molar-refractivity contribution in [1.82, 2.24) is 5.32 Å². The van der Waals surface area contributed by atoms with Crippen LogP contribution in [0.25, 0.3) is 0 Å². The maximum absolute atomic E-state index is 12.3. The van der Waals surface area contributed by atoms with Gasteiger partial charge in [-0.05, 0) is 38.0 Å². The van der Waals surface area contributed by atoms with Crippen molar-refractivity contribution in [3.05, 3.63) is 28.8 Å². The predicted molar refractivity (Wildman–Crippen MR) is 79.5 cm³/mol. The summed E-state index contributed by atoms with van der Waals surface area (Å²) in [4.78, 5) is 12.3. The number of hydrogen-bond acceptors (Lipinski definition) is 2. The molecule has 1 N–H and O–H groups in total. The second kappa shape index (κ2) is 7.01. The van der Waals surface area contributed by atoms with Gasteiger partial charge in [-0.1, -0.05) is 18.5 Å². The largest absolute Gasteiger partial charge is 0.496 e. The molecule has 1 atom stereocenters. The molecule has 1 amide bonds. The van der Waals surface area contributed by atoms with Crippen molar-refractivity contribution in [2.45, 2.75) is 32.2 Å². The van der Waals surface area contributed by atoms with Crippen LogP contribution in [-0.4, -0.2) is 24.4 Å². The lowest BCUT2D eigenvalue weighted by atomic mass is 9.95. The Morgan fingerprint density at radius 1 is 1.47 bits per heavy atom. The van der Waals surface area contributed by atoms with Crippen molar-refractivity contribution in [1.29, 1.82) is 0 Å². The molecule has 0 aliphatic carbocycles. The van der Waals surface area contributed by atoms with E-state index in [1.54, 1.807) is 18.2 Å². The Hall–Kier alpha value is -0.930. The van der Waals surface area contributed by atoms with E-state index in [0.29, 0.717) is 28.6 Å². The Morgan fingerprint density at radius 2 is 2.16 bits per heavy atom. The molecule has 0 saturated heterocycles. The van der Waals surface area contributed by atoms with Crippen LogP contribution >= 0.6 is 23.2 Å². The third-order valence-electron chi connectivity index (χ3n) is 3.25. The average Bonchev–Trinajstić information content (AvgIpc) is 2.38. The van der Waals surface area contributed by atoms with E-state index in [-0.39, 0.29) is 11.4 Å². The van der Waals surface area contributed by atoms with E-state index in [9.17, 15) is 4.79 Å². The maximum Gasteiger partial charge on any atom is 0.255 e. The first-order valence-electron chi connectivity index (χ1n) is 6.17. The number of carbonyl (C=O) groups excluding carboxylic acids is 1. The van der Waals surface area contributed by atoms with E-state index >= 15 is 0 Å². The molecule has 1 unspecified atom stereocenters. The van der Waals surface area contributed by atoms with Crippen molar-refractivity contribution < 1.29 is 9.53 Å². The molecule has 19 heavy (non-hydrogen) atoms. The highest BCUT2D eigenvalue weighted by atomic mass is 35.5. The van der Waals surface area contributed by atoms with E-state index in [0.717, 1.165) is 6.42 Å². The van der Waals surface area contributed by atoms with Crippen LogP contribution in [0.3, 0.4) is 0 Å². The lowest BCUT2D eigenvalue weighted by Gasteiger charge is -2.29. The van der Waals surface area contributed by atoms with Gasteiger partial charge in [0.25, 0.3) is 5.91 Å². The van der Waals surface area contributed by atoms with Gasteiger partial charge in [0, 0.05) is 16.4 Å². The van der Waals surface area contributed by atoms with E-state index < -0.39 is 0 Å². The quantitative estimate of drug-likeness (QED) is 0.810. The summed E-state index contributed by atoms with van der Waals surface area (Å²) in [6, 6.07) is 4.98. The number of carbonyl (C=O) groups is 1. The fourth-order valence-electron chi connectivity index (χ4n) is 1.74. The number of alkyl halides is 1. The molecular formula is C14H19Cl2NO2. The van der Waals surface area contributed by atoms with Crippen LogP contribution in [0.15, 0.2) is 18.2 Å². The fourth-order valence-corrected chi connectivity index (χ4v) is 2.32. The number of ether oxygens (including phenoxy) is 1. The monoisotopic (exact) mass is 303 g/mol. The molecule has 0 aromatic heterocycles. The maximum atomic E-state index is 12.3. The molecule has 0 bridgehead atoms. The van der Waals surface area contributed by atoms with E-state index in [4.69, 9.17) is 27.9 Å². The van der Waals surface area contributed by atoms with Gasteiger partial charge in [-0.3, -0.25) is 4.79 Å². The van der Waals surface area contributed by atoms with Crippen LogP contribution in [0.2, 0.25) is 5.02 Å². The van der Waals surface area contributed by atoms with Crippen LogP contribution in [0.5, 0.6) is 5.75 Å². The van der Waals surface area contributed by atoms with Crippen molar-refractivity contribution >= 4 is 29.1 Å². The third kappa shape index (κ3) is 4.29. The van der Waals surface area contributed by atoms with Gasteiger partial charge in [0.15, 0.2) is 0 Å². The summed E-state index contributed by atoms with van der Waals surface area (Å²) in [5.74, 6) is 0.803. The molecule has 1 aromatic carbocycles. The standard InChI is InChI=1S/C14H19Cl2NO2/c1-4-14(2,7-8-15)17-13(18)11-9-10(16)5-6-12(11)19-3/h5-6,9H,4,7-8H2,1-3H3,(H,17,18). The molecule has 106 valence electrons. The minimum absolute atomic E-state index is 0.200. The molecule has 0 radical (unpaired) electrons. The minimum atomic E-state index is -0.327. The zero-order chi connectivity index (χ0) is 14.5. The first-order valence-corrected chi connectivity index (χ1v) is 7.09. The zero-order valence-electron chi connectivity index (χ0n) is 11.4. The van der Waals surface area contributed by atoms with Crippen molar-refractivity contribution in [3.8, 4) is 5.75 Å². The van der Waals surface area contributed by atoms with Gasteiger partial charge in [0.1, 0.15) is 5.75 Å². The summed E-state index contributed by atoms with van der Waals surface area (Å²) < 4.78 is 5.18. The molecule has 0 aliphatic rings. The van der Waals surface area contributed by atoms with E-state index in [2.05, 4.69) is 5.32 Å². The summed E-state index contributed by atoms with van der Waals surface area (Å²) in [6.07, 6.45) is 1.51. The Labute approximate surface area is 124 Å². The molecule has 1 rings (SSSR count). The minimum Gasteiger partial charge on any atom is -0.496 e. The predicted octanol–water partition coefficient (Wildman–Crippen LogP) is 3.88. The number of rotatable bonds is 6. The van der Waals surface area contributed by atoms with Gasteiger partial charge < -0.3 is 10.1 Å². The Balaban J connectivity index is 2.97. The van der Waals surface area contributed by atoms with Gasteiger partial charge in [-0.2, -0.15) is 0 Å². The van der Waals surface area contributed by atoms with E-state index in [1.807, 2.05) is 13.8 Å². The molecule has 0 fully saturated rings. The zero-order valence-corrected chi connectivity index (χ0v) is 12.9. The first-order chi connectivity index (χ1) is 8.95. The normalized spacial score (nSPS) is 13.7. The Bertz CT molecular complexity index is 451. The van der Waals surface area contributed by atoms with Crippen LogP contribution in [0.4, 0.5) is 0 Å². The van der Waals surface area contributed by atoms with Gasteiger partial charge in [-0.15, -0.1) is 11.6 Å². The van der Waals surface area contributed by atoms with Gasteiger partial charge in [-0.25, -0.2) is 0 Å². The lowest BCUT2D eigenvalue weighted by Crippen LogP contribution is -2.45. The molecule has 0 spiro atoms. The SMILES string of the molecule is CCC(C)(CCCl)NC(=O)c1cc(Cl)ccc1OC. The highest BCUT2D eigenvalue weighted by Gasteiger charge is 2.25. The number of methoxy groups -OCH3 is 1. The smallest absolute Gasteiger partial charge is 0.255 e. The summed E-state index contributed by atoms with van der Waals surface area (Å²) in [5, 5.41) is 3.50. The number of nitrogens with one attached hydrogen (secondary N) is 1. The summed E-state index contributed by atoms with van der Waals surface area (Å²) in [5.41, 5.74) is 0.107. The second-order valence-electron chi connectivity index (χ2n) is 4.65. The molecule has 3 nitrogen and oxygen atoms in total.